The molecule has 0 radical (unpaired) electrons. The lowest BCUT2D eigenvalue weighted by Crippen LogP contribution is -1.99. The number of benzene rings is 1. The van der Waals surface area contributed by atoms with Gasteiger partial charge >= 0.3 is 0 Å². The number of para-hydroxylation sites is 1. The molecule has 102 valence electrons. The standard InChI is InChI=1S/C15H14ClN3S/c1-3-10-6-4-5-7-12(10)17-15-18-13(16)11-8-9(2)20-14(11)19-15/h4-8H,3H2,1-2H3,(H,17,18,19). The van der Waals surface area contributed by atoms with Crippen LogP contribution in [0.1, 0.15) is 17.4 Å². The molecule has 0 spiro atoms. The minimum absolute atomic E-state index is 0.496. The Labute approximate surface area is 126 Å². The maximum absolute atomic E-state index is 6.23. The topological polar surface area (TPSA) is 37.8 Å². The number of hydrogen-bond acceptors (Lipinski definition) is 4. The predicted molar refractivity (Wildman–Crippen MR) is 86.3 cm³/mol. The Balaban J connectivity index is 2.02. The number of anilines is 2. The molecule has 2 aromatic heterocycles. The van der Waals surface area contributed by atoms with Crippen LogP contribution in [0.25, 0.3) is 10.2 Å². The van der Waals surface area contributed by atoms with E-state index in [4.69, 9.17) is 11.6 Å². The van der Waals surface area contributed by atoms with E-state index in [2.05, 4.69) is 28.3 Å². The molecular weight excluding hydrogens is 290 g/mol. The third-order valence-electron chi connectivity index (χ3n) is 3.11. The van der Waals surface area contributed by atoms with E-state index in [1.165, 1.54) is 10.4 Å². The normalized spacial score (nSPS) is 10.9. The summed E-state index contributed by atoms with van der Waals surface area (Å²) in [5.74, 6) is 0.547. The summed E-state index contributed by atoms with van der Waals surface area (Å²) in [5.41, 5.74) is 2.26. The highest BCUT2D eigenvalue weighted by Crippen LogP contribution is 2.30. The first-order chi connectivity index (χ1) is 9.67. The number of fused-ring (bicyclic) bond motifs is 1. The molecule has 0 aliphatic rings. The monoisotopic (exact) mass is 303 g/mol. The fourth-order valence-electron chi connectivity index (χ4n) is 2.13. The predicted octanol–water partition coefficient (Wildman–Crippen LogP) is 4.96. The number of nitrogens with one attached hydrogen (secondary N) is 1. The van der Waals surface area contributed by atoms with E-state index in [1.54, 1.807) is 11.3 Å². The second kappa shape index (κ2) is 5.38. The summed E-state index contributed by atoms with van der Waals surface area (Å²) in [6.45, 7) is 4.17. The fourth-order valence-corrected chi connectivity index (χ4v) is 3.29. The summed E-state index contributed by atoms with van der Waals surface area (Å²) in [7, 11) is 0. The Kier molecular flexibility index (Phi) is 3.59. The van der Waals surface area contributed by atoms with Crippen LogP contribution in [0.15, 0.2) is 30.3 Å². The highest BCUT2D eigenvalue weighted by atomic mass is 35.5. The molecule has 0 unspecified atom stereocenters. The van der Waals surface area contributed by atoms with E-state index in [-0.39, 0.29) is 0 Å². The zero-order valence-electron chi connectivity index (χ0n) is 11.3. The molecule has 0 saturated carbocycles. The lowest BCUT2D eigenvalue weighted by Gasteiger charge is -2.09. The first-order valence-corrected chi connectivity index (χ1v) is 7.65. The first-order valence-electron chi connectivity index (χ1n) is 6.46. The second-order valence-corrected chi connectivity index (χ2v) is 6.14. The van der Waals surface area contributed by atoms with E-state index in [0.717, 1.165) is 22.3 Å². The molecule has 1 N–H and O–H groups in total. The molecule has 20 heavy (non-hydrogen) atoms. The zero-order valence-corrected chi connectivity index (χ0v) is 12.8. The van der Waals surface area contributed by atoms with Gasteiger partial charge in [0.1, 0.15) is 9.98 Å². The van der Waals surface area contributed by atoms with Gasteiger partial charge in [0.05, 0.1) is 0 Å². The summed E-state index contributed by atoms with van der Waals surface area (Å²) in [5, 5.41) is 4.68. The van der Waals surface area contributed by atoms with Crippen LogP contribution in [0.2, 0.25) is 5.15 Å². The quantitative estimate of drug-likeness (QED) is 0.695. The summed E-state index contributed by atoms with van der Waals surface area (Å²) in [6.07, 6.45) is 0.956. The van der Waals surface area contributed by atoms with Crippen molar-refractivity contribution in [3.05, 3.63) is 45.9 Å². The number of hydrogen-bond donors (Lipinski definition) is 1. The van der Waals surface area contributed by atoms with Crippen LogP contribution in [-0.2, 0) is 6.42 Å². The van der Waals surface area contributed by atoms with E-state index in [1.807, 2.05) is 31.2 Å². The average molecular weight is 304 g/mol. The van der Waals surface area contributed by atoms with Crippen molar-refractivity contribution in [3.63, 3.8) is 0 Å². The van der Waals surface area contributed by atoms with Crippen LogP contribution in [0.3, 0.4) is 0 Å². The van der Waals surface area contributed by atoms with Crippen molar-refractivity contribution in [2.24, 2.45) is 0 Å². The van der Waals surface area contributed by atoms with E-state index in [9.17, 15) is 0 Å². The summed E-state index contributed by atoms with van der Waals surface area (Å²) < 4.78 is 0. The van der Waals surface area contributed by atoms with Crippen LogP contribution < -0.4 is 5.32 Å². The Hall–Kier alpha value is -1.65. The molecule has 3 nitrogen and oxygen atoms in total. The number of aromatic nitrogens is 2. The molecule has 3 aromatic rings. The summed E-state index contributed by atoms with van der Waals surface area (Å²) in [4.78, 5) is 11.0. The van der Waals surface area contributed by atoms with Crippen molar-refractivity contribution in [3.8, 4) is 0 Å². The van der Waals surface area contributed by atoms with E-state index >= 15 is 0 Å². The Bertz CT molecular complexity index is 767. The molecule has 2 heterocycles. The molecule has 0 atom stereocenters. The van der Waals surface area contributed by atoms with Crippen LogP contribution in [0.5, 0.6) is 0 Å². The molecular formula is C15H14ClN3S. The Morgan fingerprint density at radius 3 is 2.85 bits per heavy atom. The van der Waals surface area contributed by atoms with Gasteiger partial charge in [0.2, 0.25) is 5.95 Å². The fraction of sp³-hybridized carbons (Fsp3) is 0.200. The molecule has 0 bridgehead atoms. The average Bonchev–Trinajstić information content (AvgIpc) is 2.80. The Morgan fingerprint density at radius 1 is 1.25 bits per heavy atom. The van der Waals surface area contributed by atoms with Crippen LogP contribution in [0.4, 0.5) is 11.6 Å². The number of thiophene rings is 1. The first kappa shape index (κ1) is 13.3. The molecule has 0 amide bonds. The molecule has 0 saturated heterocycles. The van der Waals surface area contributed by atoms with Crippen molar-refractivity contribution >= 4 is 44.8 Å². The van der Waals surface area contributed by atoms with Crippen molar-refractivity contribution in [2.75, 3.05) is 5.32 Å². The van der Waals surface area contributed by atoms with Gasteiger partial charge < -0.3 is 5.32 Å². The van der Waals surface area contributed by atoms with Gasteiger partial charge in [-0.15, -0.1) is 11.3 Å². The molecule has 1 aromatic carbocycles. The van der Waals surface area contributed by atoms with E-state index < -0.39 is 0 Å². The molecule has 0 aliphatic heterocycles. The van der Waals surface area contributed by atoms with Crippen LogP contribution in [-0.4, -0.2) is 9.97 Å². The van der Waals surface area contributed by atoms with Gasteiger partial charge in [-0.25, -0.2) is 9.97 Å². The highest BCUT2D eigenvalue weighted by Gasteiger charge is 2.10. The van der Waals surface area contributed by atoms with Crippen molar-refractivity contribution < 1.29 is 0 Å². The van der Waals surface area contributed by atoms with Gasteiger partial charge in [0.15, 0.2) is 0 Å². The van der Waals surface area contributed by atoms with Gasteiger partial charge in [-0.05, 0) is 31.0 Å². The maximum atomic E-state index is 6.23. The second-order valence-electron chi connectivity index (χ2n) is 4.55. The van der Waals surface area contributed by atoms with E-state index in [0.29, 0.717) is 11.1 Å². The molecule has 0 aliphatic carbocycles. The summed E-state index contributed by atoms with van der Waals surface area (Å²) in [6, 6.07) is 10.2. The van der Waals surface area contributed by atoms with Crippen LogP contribution >= 0.6 is 22.9 Å². The van der Waals surface area contributed by atoms with Crippen molar-refractivity contribution in [1.29, 1.82) is 0 Å². The number of halogens is 1. The van der Waals surface area contributed by atoms with Crippen molar-refractivity contribution in [2.45, 2.75) is 20.3 Å². The molecule has 0 fully saturated rings. The lowest BCUT2D eigenvalue weighted by molar-refractivity contribution is 1.13. The summed E-state index contributed by atoms with van der Waals surface area (Å²) >= 11 is 7.86. The van der Waals surface area contributed by atoms with Gasteiger partial charge in [0, 0.05) is 16.0 Å². The smallest absolute Gasteiger partial charge is 0.230 e. The van der Waals surface area contributed by atoms with Crippen LogP contribution in [0, 0.1) is 6.92 Å². The highest BCUT2D eigenvalue weighted by molar-refractivity contribution is 7.18. The van der Waals surface area contributed by atoms with Gasteiger partial charge in [-0.2, -0.15) is 0 Å². The van der Waals surface area contributed by atoms with Gasteiger partial charge in [0.25, 0.3) is 0 Å². The maximum Gasteiger partial charge on any atom is 0.230 e. The largest absolute Gasteiger partial charge is 0.324 e. The lowest BCUT2D eigenvalue weighted by atomic mass is 10.1. The molecule has 5 heteroatoms. The minimum Gasteiger partial charge on any atom is -0.324 e. The van der Waals surface area contributed by atoms with Crippen molar-refractivity contribution in [1.82, 2.24) is 9.97 Å². The SMILES string of the molecule is CCc1ccccc1Nc1nc(Cl)c2cc(C)sc2n1. The van der Waals surface area contributed by atoms with Gasteiger partial charge in [-0.1, -0.05) is 36.7 Å². The number of rotatable bonds is 3. The minimum atomic E-state index is 0.496. The van der Waals surface area contributed by atoms with Gasteiger partial charge in [-0.3, -0.25) is 0 Å². The third-order valence-corrected chi connectivity index (χ3v) is 4.35. The number of nitrogens with zero attached hydrogens (tertiary/aromatic N) is 2. The third kappa shape index (κ3) is 2.49. The number of aryl methyl sites for hydroxylation is 2. The molecule has 3 rings (SSSR count). The Morgan fingerprint density at radius 2 is 2.05 bits per heavy atom. The zero-order chi connectivity index (χ0) is 14.1.